The van der Waals surface area contributed by atoms with Gasteiger partial charge in [-0.15, -0.1) is 0 Å². The van der Waals surface area contributed by atoms with Gasteiger partial charge in [-0.1, -0.05) is 48.4 Å². The van der Waals surface area contributed by atoms with Crippen LogP contribution in [0.1, 0.15) is 42.5 Å². The number of nitrogens with two attached hydrogens (primary N) is 1. The van der Waals surface area contributed by atoms with Gasteiger partial charge in [-0.25, -0.2) is 4.98 Å². The number of rotatable bonds is 7. The van der Waals surface area contributed by atoms with E-state index in [0.717, 1.165) is 51.8 Å². The van der Waals surface area contributed by atoms with Crippen molar-refractivity contribution in [2.45, 2.75) is 49.9 Å². The first-order chi connectivity index (χ1) is 17.2. The monoisotopic (exact) mass is 512 g/mol. The van der Waals surface area contributed by atoms with Gasteiger partial charge in [0.05, 0.1) is 16.1 Å². The number of aliphatic hydroxyl groups is 1. The fourth-order valence-corrected chi connectivity index (χ4v) is 5.81. The van der Waals surface area contributed by atoms with Crippen molar-refractivity contribution in [3.63, 3.8) is 0 Å². The molecule has 36 heavy (non-hydrogen) atoms. The number of hydrogen-bond acceptors (Lipinski definition) is 6. The lowest BCUT2D eigenvalue weighted by molar-refractivity contribution is -0.137. The van der Waals surface area contributed by atoms with E-state index in [-0.39, 0.29) is 6.04 Å². The summed E-state index contributed by atoms with van der Waals surface area (Å²) in [5.74, 6) is 0. The Labute approximate surface area is 211 Å². The Bertz CT molecular complexity index is 1350. The first-order valence-electron chi connectivity index (χ1n) is 11.9. The van der Waals surface area contributed by atoms with Gasteiger partial charge < -0.3 is 16.2 Å². The van der Waals surface area contributed by atoms with Gasteiger partial charge in [0.1, 0.15) is 5.60 Å². The number of halogens is 3. The number of pyridine rings is 1. The molecule has 1 aliphatic rings. The molecule has 2 aromatic carbocycles. The van der Waals surface area contributed by atoms with Gasteiger partial charge in [0, 0.05) is 30.4 Å². The normalized spacial score (nSPS) is 16.4. The lowest BCUT2D eigenvalue weighted by Gasteiger charge is -2.21. The molecule has 4 aromatic rings. The fraction of sp³-hybridized carbons (Fsp3) is 0.333. The van der Waals surface area contributed by atoms with Crippen LogP contribution in [0, 0.1) is 0 Å². The molecule has 2 aromatic heterocycles. The van der Waals surface area contributed by atoms with Gasteiger partial charge in [0.2, 0.25) is 0 Å². The van der Waals surface area contributed by atoms with Crippen LogP contribution < -0.4 is 11.1 Å². The largest absolute Gasteiger partial charge is 0.416 e. The van der Waals surface area contributed by atoms with Crippen LogP contribution in [0.3, 0.4) is 0 Å². The minimum Gasteiger partial charge on any atom is -0.383 e. The fourth-order valence-electron chi connectivity index (χ4n) is 4.75. The second-order valence-corrected chi connectivity index (χ2v) is 10.4. The van der Waals surface area contributed by atoms with E-state index in [1.165, 1.54) is 23.5 Å². The van der Waals surface area contributed by atoms with Crippen molar-refractivity contribution >= 4 is 27.2 Å². The maximum atomic E-state index is 12.8. The van der Waals surface area contributed by atoms with E-state index in [1.807, 2.05) is 24.4 Å². The summed E-state index contributed by atoms with van der Waals surface area (Å²) in [6.45, 7) is 0.398. The number of thiazole rings is 1. The number of benzene rings is 2. The molecular weight excluding hydrogens is 485 g/mol. The molecule has 1 saturated carbocycles. The molecule has 9 heteroatoms. The molecule has 1 aliphatic carbocycles. The highest BCUT2D eigenvalue weighted by Gasteiger charge is 2.38. The molecule has 0 amide bonds. The molecule has 2 heterocycles. The number of anilines is 1. The highest BCUT2D eigenvalue weighted by Crippen LogP contribution is 2.46. The average molecular weight is 513 g/mol. The molecule has 0 radical (unpaired) electrons. The smallest absolute Gasteiger partial charge is 0.383 e. The highest BCUT2D eigenvalue weighted by molar-refractivity contribution is 7.19. The van der Waals surface area contributed by atoms with Gasteiger partial charge in [0.15, 0.2) is 5.13 Å². The lowest BCUT2D eigenvalue weighted by Crippen LogP contribution is -2.31. The predicted octanol–water partition coefficient (Wildman–Crippen LogP) is 6.12. The molecule has 5 nitrogen and oxygen atoms in total. The zero-order valence-corrected chi connectivity index (χ0v) is 20.4. The van der Waals surface area contributed by atoms with E-state index in [9.17, 15) is 18.3 Å². The molecule has 0 bridgehead atoms. The predicted molar refractivity (Wildman–Crippen MR) is 137 cm³/mol. The quantitative estimate of drug-likeness (QED) is 0.278. The van der Waals surface area contributed by atoms with Crippen LogP contribution in [0.5, 0.6) is 0 Å². The molecule has 1 atom stereocenters. The van der Waals surface area contributed by atoms with Crippen LogP contribution in [0.4, 0.5) is 18.3 Å². The Balaban J connectivity index is 1.34. The summed E-state index contributed by atoms with van der Waals surface area (Å²) in [4.78, 5) is 9.91. The summed E-state index contributed by atoms with van der Waals surface area (Å²) in [5.41, 5.74) is 7.07. The molecular formula is C27H27F3N4OS. The van der Waals surface area contributed by atoms with Crippen LogP contribution in [0.25, 0.3) is 21.2 Å². The van der Waals surface area contributed by atoms with Gasteiger partial charge in [-0.2, -0.15) is 13.2 Å². The Morgan fingerprint density at radius 1 is 1.06 bits per heavy atom. The summed E-state index contributed by atoms with van der Waals surface area (Å²) in [6.07, 6.45) is 2.92. The van der Waals surface area contributed by atoms with Gasteiger partial charge in [0.25, 0.3) is 0 Å². The number of fused-ring (bicyclic) bond motifs is 1. The number of alkyl halides is 3. The minimum absolute atomic E-state index is 0.319. The van der Waals surface area contributed by atoms with E-state index in [1.54, 1.807) is 6.20 Å². The molecule has 188 valence electrons. The summed E-state index contributed by atoms with van der Waals surface area (Å²) in [7, 11) is 0. The Morgan fingerprint density at radius 3 is 2.53 bits per heavy atom. The van der Waals surface area contributed by atoms with Crippen LogP contribution >= 0.6 is 11.3 Å². The van der Waals surface area contributed by atoms with Crippen LogP contribution in [0.2, 0.25) is 0 Å². The SMILES string of the molecule is N[C@H](CNc1nc(C2(O)CCCC2)c(-c2ccc3cnccc3c2)s1)Cc1ccc(C(F)(F)F)cc1. The Kier molecular flexibility index (Phi) is 6.72. The summed E-state index contributed by atoms with van der Waals surface area (Å²) >= 11 is 1.48. The molecule has 4 N–H and O–H groups in total. The van der Waals surface area contributed by atoms with Crippen molar-refractivity contribution in [3.05, 3.63) is 77.7 Å². The summed E-state index contributed by atoms with van der Waals surface area (Å²) in [5, 5.41) is 17.4. The van der Waals surface area contributed by atoms with Crippen molar-refractivity contribution in [1.82, 2.24) is 9.97 Å². The first-order valence-corrected chi connectivity index (χ1v) is 12.8. The second-order valence-electron chi connectivity index (χ2n) is 9.41. The van der Waals surface area contributed by atoms with Crippen molar-refractivity contribution in [2.24, 2.45) is 5.73 Å². The van der Waals surface area contributed by atoms with Crippen LogP contribution in [-0.2, 0) is 18.2 Å². The number of aromatic nitrogens is 2. The first kappa shape index (κ1) is 24.7. The van der Waals surface area contributed by atoms with Crippen molar-refractivity contribution in [2.75, 3.05) is 11.9 Å². The van der Waals surface area contributed by atoms with Crippen LogP contribution in [-0.4, -0.2) is 27.7 Å². The van der Waals surface area contributed by atoms with Crippen molar-refractivity contribution in [3.8, 4) is 10.4 Å². The van der Waals surface area contributed by atoms with Crippen LogP contribution in [0.15, 0.2) is 60.9 Å². The lowest BCUT2D eigenvalue weighted by atomic mass is 9.94. The average Bonchev–Trinajstić information content (AvgIpc) is 3.50. The zero-order valence-electron chi connectivity index (χ0n) is 19.6. The van der Waals surface area contributed by atoms with E-state index in [0.29, 0.717) is 36.6 Å². The molecule has 5 rings (SSSR count). The van der Waals surface area contributed by atoms with Gasteiger partial charge in [-0.05, 0) is 60.0 Å². The molecule has 0 spiro atoms. The minimum atomic E-state index is -4.35. The van der Waals surface area contributed by atoms with Gasteiger partial charge >= 0.3 is 6.18 Å². The Hall–Kier alpha value is -3.01. The number of hydrogen-bond donors (Lipinski definition) is 3. The maximum absolute atomic E-state index is 12.8. The number of nitrogens with zero attached hydrogens (tertiary/aromatic N) is 2. The standard InChI is InChI=1S/C27H27F3N4OS/c28-27(29,30)21-7-3-17(4-8-21)13-22(31)16-33-25-34-24(26(35)10-1-2-11-26)23(36-25)19-5-6-20-15-32-12-9-18(20)14-19/h3-9,12,14-15,22,35H,1-2,10-11,13,16,31H2,(H,33,34)/t22-/m0/s1. The second kappa shape index (κ2) is 9.80. The van der Waals surface area contributed by atoms with E-state index >= 15 is 0 Å². The van der Waals surface area contributed by atoms with E-state index in [4.69, 9.17) is 10.7 Å². The zero-order chi connectivity index (χ0) is 25.3. The Morgan fingerprint density at radius 2 is 1.81 bits per heavy atom. The maximum Gasteiger partial charge on any atom is 0.416 e. The van der Waals surface area contributed by atoms with E-state index in [2.05, 4.69) is 16.4 Å². The summed E-state index contributed by atoms with van der Waals surface area (Å²) in [6, 6.07) is 12.9. The highest BCUT2D eigenvalue weighted by atomic mass is 32.1. The third-order valence-electron chi connectivity index (χ3n) is 6.70. The molecule has 1 fully saturated rings. The molecule has 0 unspecified atom stereocenters. The molecule has 0 aliphatic heterocycles. The summed E-state index contributed by atoms with van der Waals surface area (Å²) < 4.78 is 38.4. The van der Waals surface area contributed by atoms with Gasteiger partial charge in [-0.3, -0.25) is 4.98 Å². The third kappa shape index (κ3) is 5.23. The van der Waals surface area contributed by atoms with Crippen molar-refractivity contribution in [1.29, 1.82) is 0 Å². The van der Waals surface area contributed by atoms with E-state index < -0.39 is 17.3 Å². The molecule has 0 saturated heterocycles. The topological polar surface area (TPSA) is 84.1 Å². The van der Waals surface area contributed by atoms with Crippen molar-refractivity contribution < 1.29 is 18.3 Å². The third-order valence-corrected chi connectivity index (χ3v) is 7.76. The number of nitrogens with one attached hydrogen (secondary N) is 1.